The van der Waals surface area contributed by atoms with Crippen LogP contribution in [0.15, 0.2) is 24.4 Å². The van der Waals surface area contributed by atoms with Gasteiger partial charge in [0.05, 0.1) is 18.3 Å². The van der Waals surface area contributed by atoms with Crippen LogP contribution in [0.4, 0.5) is 0 Å². The molecule has 1 aromatic carbocycles. The number of hydrogen-bond acceptors (Lipinski definition) is 3. The van der Waals surface area contributed by atoms with Crippen LogP contribution in [0.5, 0.6) is 0 Å². The van der Waals surface area contributed by atoms with Crippen molar-refractivity contribution in [3.63, 3.8) is 0 Å². The molecule has 0 aliphatic carbocycles. The highest BCUT2D eigenvalue weighted by Crippen LogP contribution is 2.17. The summed E-state index contributed by atoms with van der Waals surface area (Å²) in [6.45, 7) is 3.23. The van der Waals surface area contributed by atoms with E-state index in [1.807, 2.05) is 36.0 Å². The van der Waals surface area contributed by atoms with Gasteiger partial charge in [0, 0.05) is 25.0 Å². The van der Waals surface area contributed by atoms with Gasteiger partial charge in [-0.05, 0) is 18.9 Å². The van der Waals surface area contributed by atoms with E-state index >= 15 is 0 Å². The zero-order valence-corrected chi connectivity index (χ0v) is 11.1. The topological polar surface area (TPSA) is 67.2 Å². The van der Waals surface area contributed by atoms with E-state index in [2.05, 4.69) is 10.4 Å². The fraction of sp³-hybridized carbons (Fsp3) is 0.429. The molecular weight excluding hydrogens is 242 g/mol. The first-order valence-electron chi connectivity index (χ1n) is 6.51. The van der Waals surface area contributed by atoms with Crippen molar-refractivity contribution in [2.24, 2.45) is 0 Å². The van der Waals surface area contributed by atoms with Crippen LogP contribution < -0.4 is 5.32 Å². The summed E-state index contributed by atoms with van der Waals surface area (Å²) in [7, 11) is 0. The summed E-state index contributed by atoms with van der Waals surface area (Å²) in [5.41, 5.74) is 2.25. The van der Waals surface area contributed by atoms with Crippen molar-refractivity contribution in [2.75, 3.05) is 13.2 Å². The molecule has 0 bridgehead atoms. The summed E-state index contributed by atoms with van der Waals surface area (Å²) in [5.74, 6) is -0.00863. The first-order chi connectivity index (χ1) is 9.22. The van der Waals surface area contributed by atoms with Gasteiger partial charge < -0.3 is 10.4 Å². The van der Waals surface area contributed by atoms with Crippen LogP contribution in [0, 0.1) is 6.92 Å². The number of aryl methyl sites for hydroxylation is 2. The SMILES string of the molecule is Cc1cccc2cnn(CCC(=O)NCCCO)c12. The molecule has 5 nitrogen and oxygen atoms in total. The van der Waals surface area contributed by atoms with Crippen molar-refractivity contribution in [3.05, 3.63) is 30.0 Å². The van der Waals surface area contributed by atoms with Crippen molar-refractivity contribution in [3.8, 4) is 0 Å². The van der Waals surface area contributed by atoms with Gasteiger partial charge in [-0.2, -0.15) is 5.10 Å². The van der Waals surface area contributed by atoms with Crippen LogP contribution in [0.2, 0.25) is 0 Å². The normalized spacial score (nSPS) is 10.8. The number of amides is 1. The number of aliphatic hydroxyl groups excluding tert-OH is 1. The zero-order chi connectivity index (χ0) is 13.7. The van der Waals surface area contributed by atoms with Crippen molar-refractivity contribution < 1.29 is 9.90 Å². The molecule has 0 unspecified atom stereocenters. The molecule has 2 rings (SSSR count). The van der Waals surface area contributed by atoms with Crippen LogP contribution in [0.25, 0.3) is 10.9 Å². The highest BCUT2D eigenvalue weighted by Gasteiger charge is 2.07. The lowest BCUT2D eigenvalue weighted by Gasteiger charge is -2.06. The fourth-order valence-electron chi connectivity index (χ4n) is 2.10. The lowest BCUT2D eigenvalue weighted by molar-refractivity contribution is -0.121. The molecule has 0 fully saturated rings. The minimum atomic E-state index is -0.00863. The maximum absolute atomic E-state index is 11.6. The molecule has 0 spiro atoms. The van der Waals surface area contributed by atoms with Crippen LogP contribution in [0.3, 0.4) is 0 Å². The lowest BCUT2D eigenvalue weighted by atomic mass is 10.2. The Labute approximate surface area is 112 Å². The number of rotatable bonds is 6. The van der Waals surface area contributed by atoms with E-state index in [0.29, 0.717) is 25.9 Å². The molecule has 0 saturated carbocycles. The quantitative estimate of drug-likeness (QED) is 0.769. The minimum absolute atomic E-state index is 0.00863. The second-order valence-electron chi connectivity index (χ2n) is 4.56. The Bertz CT molecular complexity index is 563. The Morgan fingerprint density at radius 3 is 3.11 bits per heavy atom. The Kier molecular flexibility index (Phi) is 4.52. The molecule has 0 aliphatic rings. The molecular formula is C14H19N3O2. The number of aliphatic hydroxyl groups is 1. The predicted octanol–water partition coefficient (Wildman–Crippen LogP) is 1.23. The fourth-order valence-corrected chi connectivity index (χ4v) is 2.10. The number of carbonyl (C=O) groups is 1. The molecule has 2 aromatic rings. The highest BCUT2D eigenvalue weighted by atomic mass is 16.3. The average Bonchev–Trinajstić information content (AvgIpc) is 2.81. The summed E-state index contributed by atoms with van der Waals surface area (Å²) in [6.07, 6.45) is 2.82. The van der Waals surface area contributed by atoms with Crippen LogP contribution in [-0.2, 0) is 11.3 Å². The number of carbonyl (C=O) groups excluding carboxylic acids is 1. The highest BCUT2D eigenvalue weighted by molar-refractivity contribution is 5.82. The number of para-hydroxylation sites is 1. The number of hydrogen-bond donors (Lipinski definition) is 2. The monoisotopic (exact) mass is 261 g/mol. The van der Waals surface area contributed by atoms with Crippen molar-refractivity contribution >= 4 is 16.8 Å². The van der Waals surface area contributed by atoms with Crippen molar-refractivity contribution in [2.45, 2.75) is 26.3 Å². The summed E-state index contributed by atoms with van der Waals surface area (Å²) >= 11 is 0. The third-order valence-electron chi connectivity index (χ3n) is 3.07. The zero-order valence-electron chi connectivity index (χ0n) is 11.1. The Morgan fingerprint density at radius 2 is 2.32 bits per heavy atom. The maximum Gasteiger partial charge on any atom is 0.221 e. The van der Waals surface area contributed by atoms with E-state index in [1.165, 1.54) is 0 Å². The minimum Gasteiger partial charge on any atom is -0.396 e. The van der Waals surface area contributed by atoms with E-state index in [9.17, 15) is 4.79 Å². The van der Waals surface area contributed by atoms with Gasteiger partial charge in [0.15, 0.2) is 0 Å². The number of nitrogens with one attached hydrogen (secondary N) is 1. The van der Waals surface area contributed by atoms with Gasteiger partial charge in [-0.15, -0.1) is 0 Å². The second kappa shape index (κ2) is 6.33. The largest absolute Gasteiger partial charge is 0.396 e. The molecule has 1 aromatic heterocycles. The van der Waals surface area contributed by atoms with E-state index in [4.69, 9.17) is 5.11 Å². The smallest absolute Gasteiger partial charge is 0.221 e. The summed E-state index contributed by atoms with van der Waals surface area (Å²) in [4.78, 5) is 11.6. The molecule has 102 valence electrons. The van der Waals surface area contributed by atoms with E-state index in [0.717, 1.165) is 16.5 Å². The van der Waals surface area contributed by atoms with Gasteiger partial charge in [0.1, 0.15) is 0 Å². The third-order valence-corrected chi connectivity index (χ3v) is 3.07. The Balaban J connectivity index is 1.96. The number of fused-ring (bicyclic) bond motifs is 1. The van der Waals surface area contributed by atoms with E-state index in [1.54, 1.807) is 0 Å². The van der Waals surface area contributed by atoms with Gasteiger partial charge in [-0.1, -0.05) is 18.2 Å². The lowest BCUT2D eigenvalue weighted by Crippen LogP contribution is -2.26. The molecule has 2 N–H and O–H groups in total. The number of benzene rings is 1. The molecule has 5 heteroatoms. The standard InChI is InChI=1S/C14H19N3O2/c1-11-4-2-5-12-10-16-17(14(11)12)8-6-13(19)15-7-3-9-18/h2,4-5,10,18H,3,6-9H2,1H3,(H,15,19). The Morgan fingerprint density at radius 1 is 1.47 bits per heavy atom. The molecule has 1 amide bonds. The molecule has 0 atom stereocenters. The van der Waals surface area contributed by atoms with Gasteiger partial charge in [-0.3, -0.25) is 9.48 Å². The van der Waals surface area contributed by atoms with E-state index < -0.39 is 0 Å². The number of aromatic nitrogens is 2. The van der Waals surface area contributed by atoms with Gasteiger partial charge in [0.25, 0.3) is 0 Å². The Hall–Kier alpha value is -1.88. The molecule has 19 heavy (non-hydrogen) atoms. The molecule has 0 aliphatic heterocycles. The van der Waals surface area contributed by atoms with Crippen LogP contribution in [-0.4, -0.2) is 33.9 Å². The average molecular weight is 261 g/mol. The van der Waals surface area contributed by atoms with Gasteiger partial charge in [-0.25, -0.2) is 0 Å². The summed E-state index contributed by atoms with van der Waals surface area (Å²) in [5, 5.41) is 16.8. The van der Waals surface area contributed by atoms with E-state index in [-0.39, 0.29) is 12.5 Å². The van der Waals surface area contributed by atoms with Crippen molar-refractivity contribution in [1.29, 1.82) is 0 Å². The summed E-state index contributed by atoms with van der Waals surface area (Å²) < 4.78 is 1.87. The predicted molar refractivity (Wildman–Crippen MR) is 73.8 cm³/mol. The first kappa shape index (κ1) is 13.5. The number of nitrogens with zero attached hydrogens (tertiary/aromatic N) is 2. The molecule has 0 saturated heterocycles. The second-order valence-corrected chi connectivity index (χ2v) is 4.56. The molecule has 0 radical (unpaired) electrons. The first-order valence-corrected chi connectivity index (χ1v) is 6.51. The van der Waals surface area contributed by atoms with Gasteiger partial charge >= 0.3 is 0 Å². The maximum atomic E-state index is 11.6. The van der Waals surface area contributed by atoms with Gasteiger partial charge in [0.2, 0.25) is 5.91 Å². The van der Waals surface area contributed by atoms with Crippen LogP contribution in [0.1, 0.15) is 18.4 Å². The van der Waals surface area contributed by atoms with Crippen molar-refractivity contribution in [1.82, 2.24) is 15.1 Å². The third kappa shape index (κ3) is 3.32. The molecule has 1 heterocycles. The van der Waals surface area contributed by atoms with Crippen LogP contribution >= 0.6 is 0 Å². The summed E-state index contributed by atoms with van der Waals surface area (Å²) in [6, 6.07) is 6.07.